The standard InChI is InChI=1S/C14H10FIO3/c15-11-7-9(14(17)18)5-6-10(11)8-19-13-4-2-1-3-12(13)16/h1-7H,8H2,(H,17,18). The van der Waals surface area contributed by atoms with E-state index < -0.39 is 11.8 Å². The Labute approximate surface area is 123 Å². The van der Waals surface area contributed by atoms with Gasteiger partial charge in [0.25, 0.3) is 0 Å². The Balaban J connectivity index is 2.12. The fourth-order valence-electron chi connectivity index (χ4n) is 1.51. The van der Waals surface area contributed by atoms with Crippen LogP contribution in [0, 0.1) is 9.39 Å². The first kappa shape index (κ1) is 13.8. The molecule has 5 heteroatoms. The van der Waals surface area contributed by atoms with E-state index >= 15 is 0 Å². The van der Waals surface area contributed by atoms with Crippen molar-refractivity contribution in [3.8, 4) is 5.75 Å². The first-order chi connectivity index (χ1) is 9.08. The summed E-state index contributed by atoms with van der Waals surface area (Å²) in [6, 6.07) is 11.2. The summed E-state index contributed by atoms with van der Waals surface area (Å²) in [5, 5.41) is 8.75. The quantitative estimate of drug-likeness (QED) is 0.833. The highest BCUT2D eigenvalue weighted by atomic mass is 127. The number of ether oxygens (including phenoxy) is 1. The average Bonchev–Trinajstić information content (AvgIpc) is 2.39. The van der Waals surface area contributed by atoms with Crippen LogP contribution in [-0.4, -0.2) is 11.1 Å². The molecule has 0 aliphatic rings. The molecule has 0 fully saturated rings. The summed E-state index contributed by atoms with van der Waals surface area (Å²) in [7, 11) is 0. The van der Waals surface area contributed by atoms with Crippen LogP contribution in [0.25, 0.3) is 0 Å². The number of aromatic carboxylic acids is 1. The smallest absolute Gasteiger partial charge is 0.335 e. The van der Waals surface area contributed by atoms with E-state index in [-0.39, 0.29) is 12.2 Å². The Morgan fingerprint density at radius 2 is 2.00 bits per heavy atom. The van der Waals surface area contributed by atoms with Crippen molar-refractivity contribution in [2.24, 2.45) is 0 Å². The van der Waals surface area contributed by atoms with Gasteiger partial charge < -0.3 is 9.84 Å². The second-order valence-electron chi connectivity index (χ2n) is 3.83. The highest BCUT2D eigenvalue weighted by Gasteiger charge is 2.09. The van der Waals surface area contributed by atoms with E-state index in [1.54, 1.807) is 6.07 Å². The Hall–Kier alpha value is -1.63. The largest absolute Gasteiger partial charge is 0.488 e. The number of benzene rings is 2. The molecule has 0 heterocycles. The lowest BCUT2D eigenvalue weighted by molar-refractivity contribution is 0.0696. The van der Waals surface area contributed by atoms with Crippen LogP contribution < -0.4 is 4.74 Å². The maximum atomic E-state index is 13.7. The monoisotopic (exact) mass is 372 g/mol. The first-order valence-corrected chi connectivity index (χ1v) is 6.55. The lowest BCUT2D eigenvalue weighted by Gasteiger charge is -2.09. The van der Waals surface area contributed by atoms with Gasteiger partial charge in [0.15, 0.2) is 0 Å². The van der Waals surface area contributed by atoms with Gasteiger partial charge in [0.2, 0.25) is 0 Å². The minimum atomic E-state index is -1.15. The average molecular weight is 372 g/mol. The van der Waals surface area contributed by atoms with E-state index in [9.17, 15) is 9.18 Å². The SMILES string of the molecule is O=C(O)c1ccc(COc2ccccc2I)c(F)c1. The molecule has 0 atom stereocenters. The van der Waals surface area contributed by atoms with Crippen LogP contribution in [0.1, 0.15) is 15.9 Å². The van der Waals surface area contributed by atoms with Crippen molar-refractivity contribution < 1.29 is 19.0 Å². The molecule has 2 aromatic carbocycles. The predicted octanol–water partition coefficient (Wildman–Crippen LogP) is 3.71. The maximum absolute atomic E-state index is 13.7. The topological polar surface area (TPSA) is 46.5 Å². The molecule has 98 valence electrons. The molecule has 0 saturated carbocycles. The predicted molar refractivity (Wildman–Crippen MR) is 76.9 cm³/mol. The third-order valence-electron chi connectivity index (χ3n) is 2.52. The summed E-state index contributed by atoms with van der Waals surface area (Å²) >= 11 is 2.13. The van der Waals surface area contributed by atoms with Crippen LogP contribution in [0.15, 0.2) is 42.5 Å². The van der Waals surface area contributed by atoms with Gasteiger partial charge in [0.1, 0.15) is 18.2 Å². The molecule has 2 rings (SSSR count). The molecule has 0 unspecified atom stereocenters. The van der Waals surface area contributed by atoms with Crippen LogP contribution in [0.4, 0.5) is 4.39 Å². The Morgan fingerprint density at radius 3 is 2.63 bits per heavy atom. The molecule has 0 saturated heterocycles. The zero-order valence-corrected chi connectivity index (χ0v) is 11.9. The van der Waals surface area contributed by atoms with Gasteiger partial charge in [0.05, 0.1) is 9.13 Å². The summed E-state index contributed by atoms with van der Waals surface area (Å²) < 4.78 is 20.1. The van der Waals surface area contributed by atoms with Crippen LogP contribution in [-0.2, 0) is 6.61 Å². The summed E-state index contributed by atoms with van der Waals surface area (Å²) in [6.45, 7) is 0.0613. The fraction of sp³-hybridized carbons (Fsp3) is 0.0714. The van der Waals surface area contributed by atoms with Crippen molar-refractivity contribution in [2.45, 2.75) is 6.61 Å². The van der Waals surface area contributed by atoms with Crippen LogP contribution in [0.3, 0.4) is 0 Å². The lowest BCUT2D eigenvalue weighted by atomic mass is 10.1. The van der Waals surface area contributed by atoms with Gasteiger partial charge in [-0.15, -0.1) is 0 Å². The summed E-state index contributed by atoms with van der Waals surface area (Å²) in [4.78, 5) is 10.7. The molecule has 0 aromatic heterocycles. The fourth-order valence-corrected chi connectivity index (χ4v) is 2.06. The molecule has 0 amide bonds. The van der Waals surface area contributed by atoms with E-state index in [4.69, 9.17) is 9.84 Å². The number of hydrogen-bond donors (Lipinski definition) is 1. The van der Waals surface area contributed by atoms with Crippen molar-refractivity contribution in [1.29, 1.82) is 0 Å². The molecular weight excluding hydrogens is 362 g/mol. The van der Waals surface area contributed by atoms with Crippen LogP contribution in [0.2, 0.25) is 0 Å². The van der Waals surface area contributed by atoms with Gasteiger partial charge in [-0.25, -0.2) is 9.18 Å². The lowest BCUT2D eigenvalue weighted by Crippen LogP contribution is -2.03. The molecule has 3 nitrogen and oxygen atoms in total. The van der Waals surface area contributed by atoms with E-state index in [0.29, 0.717) is 11.3 Å². The van der Waals surface area contributed by atoms with E-state index in [1.807, 2.05) is 18.2 Å². The normalized spacial score (nSPS) is 10.2. The molecule has 0 aliphatic heterocycles. The van der Waals surface area contributed by atoms with Gasteiger partial charge in [-0.05, 0) is 46.9 Å². The van der Waals surface area contributed by atoms with Crippen molar-refractivity contribution in [3.63, 3.8) is 0 Å². The highest BCUT2D eigenvalue weighted by Crippen LogP contribution is 2.21. The first-order valence-electron chi connectivity index (χ1n) is 5.47. The minimum Gasteiger partial charge on any atom is -0.488 e. The van der Waals surface area contributed by atoms with Crippen LogP contribution in [0.5, 0.6) is 5.75 Å². The number of rotatable bonds is 4. The van der Waals surface area contributed by atoms with Gasteiger partial charge >= 0.3 is 5.97 Å². The number of hydrogen-bond acceptors (Lipinski definition) is 2. The van der Waals surface area contributed by atoms with Crippen LogP contribution >= 0.6 is 22.6 Å². The Bertz CT molecular complexity index is 613. The Morgan fingerprint density at radius 1 is 1.26 bits per heavy atom. The third-order valence-corrected chi connectivity index (χ3v) is 3.41. The van der Waals surface area contributed by atoms with E-state index in [1.165, 1.54) is 12.1 Å². The van der Waals surface area contributed by atoms with Gasteiger partial charge in [-0.2, -0.15) is 0 Å². The molecule has 0 aliphatic carbocycles. The number of para-hydroxylation sites is 1. The molecule has 0 bridgehead atoms. The second-order valence-corrected chi connectivity index (χ2v) is 4.99. The molecular formula is C14H10FIO3. The second kappa shape index (κ2) is 6.01. The Kier molecular flexibility index (Phi) is 4.36. The molecule has 2 aromatic rings. The summed E-state index contributed by atoms with van der Waals surface area (Å²) in [5.74, 6) is -1.06. The summed E-state index contributed by atoms with van der Waals surface area (Å²) in [6.07, 6.45) is 0. The molecule has 0 radical (unpaired) electrons. The van der Waals surface area contributed by atoms with Crippen molar-refractivity contribution >= 4 is 28.6 Å². The van der Waals surface area contributed by atoms with E-state index in [0.717, 1.165) is 9.64 Å². The van der Waals surface area contributed by atoms with Gasteiger partial charge in [-0.3, -0.25) is 0 Å². The number of carboxylic acid groups (broad SMARTS) is 1. The number of carbonyl (C=O) groups is 1. The molecule has 0 spiro atoms. The molecule has 19 heavy (non-hydrogen) atoms. The highest BCUT2D eigenvalue weighted by molar-refractivity contribution is 14.1. The zero-order valence-electron chi connectivity index (χ0n) is 9.77. The van der Waals surface area contributed by atoms with E-state index in [2.05, 4.69) is 22.6 Å². The number of carboxylic acids is 1. The molecule has 1 N–H and O–H groups in total. The summed E-state index contributed by atoms with van der Waals surface area (Å²) in [5.41, 5.74) is 0.250. The van der Waals surface area contributed by atoms with Crippen molar-refractivity contribution in [3.05, 3.63) is 63.0 Å². The number of halogens is 2. The van der Waals surface area contributed by atoms with Gasteiger partial charge in [-0.1, -0.05) is 18.2 Å². The third kappa shape index (κ3) is 3.44. The maximum Gasteiger partial charge on any atom is 0.335 e. The zero-order chi connectivity index (χ0) is 13.8. The van der Waals surface area contributed by atoms with Crippen molar-refractivity contribution in [1.82, 2.24) is 0 Å². The minimum absolute atomic E-state index is 0.0613. The van der Waals surface area contributed by atoms with Gasteiger partial charge in [0, 0.05) is 5.56 Å². The van der Waals surface area contributed by atoms with Crippen molar-refractivity contribution in [2.75, 3.05) is 0 Å².